The highest BCUT2D eigenvalue weighted by Gasteiger charge is 2.23. The molecule has 1 unspecified atom stereocenters. The van der Waals surface area contributed by atoms with Crippen LogP contribution in [0.5, 0.6) is 0 Å². The summed E-state index contributed by atoms with van der Waals surface area (Å²) >= 11 is 11.2. The molecule has 2 rings (SSSR count). The van der Waals surface area contributed by atoms with E-state index in [-0.39, 0.29) is 16.3 Å². The number of ether oxygens (including phenoxy) is 1. The molecule has 5 heteroatoms. The minimum atomic E-state index is -0.155. The average Bonchev–Trinajstić information content (AvgIpc) is 2.47. The average molecular weight is 314 g/mol. The van der Waals surface area contributed by atoms with Gasteiger partial charge < -0.3 is 9.64 Å². The molecule has 1 aliphatic rings. The predicted octanol–water partition coefficient (Wildman–Crippen LogP) is 3.42. The van der Waals surface area contributed by atoms with Gasteiger partial charge in [-0.25, -0.2) is 0 Å². The number of morpholine rings is 1. The van der Waals surface area contributed by atoms with Crippen LogP contribution in [-0.4, -0.2) is 37.1 Å². The zero-order valence-electron chi connectivity index (χ0n) is 11.3. The molecular weight excluding hydrogens is 297 g/mol. The van der Waals surface area contributed by atoms with E-state index in [0.29, 0.717) is 26.3 Å². The zero-order chi connectivity index (χ0) is 14.5. The van der Waals surface area contributed by atoms with Crippen molar-refractivity contribution in [3.8, 4) is 0 Å². The van der Waals surface area contributed by atoms with E-state index in [1.165, 1.54) is 0 Å². The third-order valence-corrected chi connectivity index (χ3v) is 3.62. The van der Waals surface area contributed by atoms with Crippen molar-refractivity contribution in [2.45, 2.75) is 12.8 Å². The second-order valence-electron chi connectivity index (χ2n) is 4.76. The molecule has 1 fully saturated rings. The molecule has 0 aromatic heterocycles. The van der Waals surface area contributed by atoms with Crippen molar-refractivity contribution < 1.29 is 9.53 Å². The Morgan fingerprint density at radius 2 is 1.85 bits per heavy atom. The van der Waals surface area contributed by atoms with Crippen LogP contribution < -0.4 is 0 Å². The summed E-state index contributed by atoms with van der Waals surface area (Å²) in [6.07, 6.45) is 1.67. The van der Waals surface area contributed by atoms with Crippen LogP contribution in [-0.2, 0) is 9.53 Å². The Kier molecular flexibility index (Phi) is 5.46. The van der Waals surface area contributed by atoms with Crippen molar-refractivity contribution in [1.29, 1.82) is 0 Å². The number of rotatable bonds is 3. The largest absolute Gasteiger partial charge is 0.378 e. The minimum absolute atomic E-state index is 0.145. The summed E-state index contributed by atoms with van der Waals surface area (Å²) in [5.41, 5.74) is 1.91. The summed E-state index contributed by atoms with van der Waals surface area (Å²) in [6.45, 7) is 4.52. The van der Waals surface area contributed by atoms with E-state index in [1.807, 2.05) is 36.1 Å². The van der Waals surface area contributed by atoms with Gasteiger partial charge in [-0.3, -0.25) is 4.79 Å². The molecule has 0 aliphatic carbocycles. The maximum absolute atomic E-state index is 12.4. The van der Waals surface area contributed by atoms with Gasteiger partial charge in [-0.1, -0.05) is 47.5 Å². The molecule has 1 atom stereocenters. The van der Waals surface area contributed by atoms with Crippen LogP contribution in [0.15, 0.2) is 28.8 Å². The molecule has 1 aromatic rings. The number of halogens is 2. The summed E-state index contributed by atoms with van der Waals surface area (Å²) in [7, 11) is 0. The fourth-order valence-electron chi connectivity index (χ4n) is 2.21. The van der Waals surface area contributed by atoms with Gasteiger partial charge in [0.05, 0.1) is 19.1 Å². The first-order valence-corrected chi connectivity index (χ1v) is 7.32. The smallest absolute Gasteiger partial charge is 0.229 e. The number of hydrogen-bond acceptors (Lipinski definition) is 2. The molecule has 0 N–H and O–H groups in total. The van der Waals surface area contributed by atoms with Crippen LogP contribution in [0.3, 0.4) is 0 Å². The Hall–Kier alpha value is -1.03. The van der Waals surface area contributed by atoms with Gasteiger partial charge in [0.2, 0.25) is 5.91 Å². The lowest BCUT2D eigenvalue weighted by Crippen LogP contribution is -2.42. The van der Waals surface area contributed by atoms with Gasteiger partial charge in [0, 0.05) is 13.1 Å². The first kappa shape index (κ1) is 15.4. The Morgan fingerprint density at radius 1 is 1.25 bits per heavy atom. The van der Waals surface area contributed by atoms with Gasteiger partial charge in [-0.2, -0.15) is 0 Å². The Morgan fingerprint density at radius 3 is 2.40 bits per heavy atom. The van der Waals surface area contributed by atoms with Gasteiger partial charge in [-0.15, -0.1) is 0 Å². The molecule has 1 amide bonds. The highest BCUT2D eigenvalue weighted by molar-refractivity contribution is 6.57. The molecule has 0 bridgehead atoms. The lowest BCUT2D eigenvalue weighted by molar-refractivity contribution is -0.136. The van der Waals surface area contributed by atoms with E-state index < -0.39 is 0 Å². The number of carbonyl (C=O) groups excluding carboxylic acids is 1. The maximum Gasteiger partial charge on any atom is 0.229 e. The Labute approximate surface area is 129 Å². The van der Waals surface area contributed by atoms with Crippen LogP contribution in [0.2, 0.25) is 0 Å². The fraction of sp³-hybridized carbons (Fsp3) is 0.400. The monoisotopic (exact) mass is 313 g/mol. The number of nitrogens with zero attached hydrogens (tertiary/aromatic N) is 1. The second kappa shape index (κ2) is 7.11. The fourth-order valence-corrected chi connectivity index (χ4v) is 2.46. The summed E-state index contributed by atoms with van der Waals surface area (Å²) in [4.78, 5) is 14.2. The summed E-state index contributed by atoms with van der Waals surface area (Å²) in [5, 5.41) is 0. The van der Waals surface area contributed by atoms with Crippen molar-refractivity contribution in [2.75, 3.05) is 26.3 Å². The van der Waals surface area contributed by atoms with E-state index in [2.05, 4.69) is 0 Å². The Balaban J connectivity index is 2.06. The van der Waals surface area contributed by atoms with Crippen LogP contribution >= 0.6 is 23.2 Å². The van der Waals surface area contributed by atoms with Crippen molar-refractivity contribution >= 4 is 35.2 Å². The second-order valence-corrected chi connectivity index (χ2v) is 5.77. The van der Waals surface area contributed by atoms with Crippen molar-refractivity contribution in [3.05, 3.63) is 39.9 Å². The SMILES string of the molecule is CC(C(=O)N1CCOCC1)c1ccc(C=C(Cl)Cl)cc1. The molecule has 0 radical (unpaired) electrons. The third kappa shape index (κ3) is 3.98. The minimum Gasteiger partial charge on any atom is -0.378 e. The molecule has 0 saturated carbocycles. The van der Waals surface area contributed by atoms with Gasteiger partial charge in [0.25, 0.3) is 0 Å². The molecule has 0 spiro atoms. The number of carbonyl (C=O) groups is 1. The van der Waals surface area contributed by atoms with E-state index in [9.17, 15) is 4.79 Å². The van der Waals surface area contributed by atoms with Crippen molar-refractivity contribution in [2.24, 2.45) is 0 Å². The molecule has 1 heterocycles. The van der Waals surface area contributed by atoms with Crippen LogP contribution in [0.1, 0.15) is 24.0 Å². The number of benzene rings is 1. The van der Waals surface area contributed by atoms with Gasteiger partial charge in [0.15, 0.2) is 0 Å². The molecule has 1 saturated heterocycles. The number of amides is 1. The number of hydrogen-bond donors (Lipinski definition) is 0. The van der Waals surface area contributed by atoms with Gasteiger partial charge in [-0.05, 0) is 24.1 Å². The maximum atomic E-state index is 12.4. The van der Waals surface area contributed by atoms with Gasteiger partial charge >= 0.3 is 0 Å². The normalized spacial score (nSPS) is 16.6. The lowest BCUT2D eigenvalue weighted by atomic mass is 9.98. The zero-order valence-corrected chi connectivity index (χ0v) is 12.8. The van der Waals surface area contributed by atoms with E-state index >= 15 is 0 Å². The van der Waals surface area contributed by atoms with E-state index in [0.717, 1.165) is 11.1 Å². The van der Waals surface area contributed by atoms with Crippen molar-refractivity contribution in [3.63, 3.8) is 0 Å². The third-order valence-electron chi connectivity index (χ3n) is 3.41. The van der Waals surface area contributed by atoms with E-state index in [1.54, 1.807) is 6.08 Å². The summed E-state index contributed by atoms with van der Waals surface area (Å²) in [5.74, 6) is -0.00966. The molecule has 1 aliphatic heterocycles. The highest BCUT2D eigenvalue weighted by Crippen LogP contribution is 2.21. The topological polar surface area (TPSA) is 29.5 Å². The van der Waals surface area contributed by atoms with Crippen LogP contribution in [0, 0.1) is 0 Å². The van der Waals surface area contributed by atoms with Crippen LogP contribution in [0.4, 0.5) is 0 Å². The first-order chi connectivity index (χ1) is 9.58. The molecule has 1 aromatic carbocycles. The highest BCUT2D eigenvalue weighted by atomic mass is 35.5. The molecule has 108 valence electrons. The Bertz CT molecular complexity index is 489. The summed E-state index contributed by atoms with van der Waals surface area (Å²) < 4.78 is 5.48. The lowest BCUT2D eigenvalue weighted by Gasteiger charge is -2.29. The molecule has 20 heavy (non-hydrogen) atoms. The predicted molar refractivity (Wildman–Crippen MR) is 81.9 cm³/mol. The quantitative estimate of drug-likeness (QED) is 0.855. The van der Waals surface area contributed by atoms with Crippen molar-refractivity contribution in [1.82, 2.24) is 4.90 Å². The van der Waals surface area contributed by atoms with E-state index in [4.69, 9.17) is 27.9 Å². The first-order valence-electron chi connectivity index (χ1n) is 6.57. The summed E-state index contributed by atoms with van der Waals surface area (Å²) in [6, 6.07) is 7.68. The standard InChI is InChI=1S/C15H17Cl2NO2/c1-11(15(19)18-6-8-20-9-7-18)13-4-2-12(3-5-13)10-14(16)17/h2-5,10-11H,6-9H2,1H3. The van der Waals surface area contributed by atoms with Gasteiger partial charge in [0.1, 0.15) is 4.49 Å². The van der Waals surface area contributed by atoms with Crippen LogP contribution in [0.25, 0.3) is 6.08 Å². The molecule has 3 nitrogen and oxygen atoms in total. The molecular formula is C15H17Cl2NO2.